The summed E-state index contributed by atoms with van der Waals surface area (Å²) in [5.41, 5.74) is 6.70. The number of nitrogens with zero attached hydrogens (tertiary/aromatic N) is 5. The Morgan fingerprint density at radius 2 is 0.864 bits per heavy atom. The van der Waals surface area contributed by atoms with Crippen LogP contribution < -0.4 is 0 Å². The molecule has 44 heavy (non-hydrogen) atoms. The molecule has 0 amide bonds. The average Bonchev–Trinajstić information content (AvgIpc) is 3.08. The van der Waals surface area contributed by atoms with Crippen LogP contribution in [0.3, 0.4) is 0 Å². The van der Waals surface area contributed by atoms with E-state index >= 15 is 0 Å². The van der Waals surface area contributed by atoms with Gasteiger partial charge in [-0.05, 0) is 74.5 Å². The van der Waals surface area contributed by atoms with Crippen LogP contribution in [0.15, 0.2) is 103 Å². The van der Waals surface area contributed by atoms with E-state index in [0.29, 0.717) is 39.6 Å². The zero-order valence-corrected chi connectivity index (χ0v) is 25.1. The highest BCUT2D eigenvalue weighted by atomic mass is 16.5. The van der Waals surface area contributed by atoms with E-state index < -0.39 is 0 Å². The first-order valence-corrected chi connectivity index (χ1v) is 14.7. The zero-order valence-electron chi connectivity index (χ0n) is 25.1. The third kappa shape index (κ3) is 9.82. The molecule has 9 nitrogen and oxygen atoms in total. The van der Waals surface area contributed by atoms with Crippen molar-refractivity contribution in [3.63, 3.8) is 0 Å². The molecule has 0 fully saturated rings. The molecule has 0 aliphatic heterocycles. The first kappa shape index (κ1) is 31.0. The molecule has 2 atom stereocenters. The van der Waals surface area contributed by atoms with Gasteiger partial charge in [-0.15, -0.1) is 0 Å². The Morgan fingerprint density at radius 3 is 1.30 bits per heavy atom. The second kappa shape index (κ2) is 16.4. The van der Waals surface area contributed by atoms with Crippen LogP contribution in [0.25, 0.3) is 22.8 Å². The summed E-state index contributed by atoms with van der Waals surface area (Å²) in [4.78, 5) is 22.7. The van der Waals surface area contributed by atoms with Crippen molar-refractivity contribution in [2.75, 3.05) is 13.2 Å². The van der Waals surface area contributed by atoms with Crippen LogP contribution in [-0.2, 0) is 45.4 Å². The molecule has 0 bridgehead atoms. The Hall–Kier alpha value is -4.41. The molecule has 5 rings (SSSR count). The van der Waals surface area contributed by atoms with Crippen molar-refractivity contribution in [3.8, 4) is 22.8 Å². The van der Waals surface area contributed by atoms with Gasteiger partial charge < -0.3 is 18.9 Å². The van der Waals surface area contributed by atoms with E-state index in [1.807, 2.05) is 105 Å². The molecule has 5 aromatic heterocycles. The molecule has 0 spiro atoms. The van der Waals surface area contributed by atoms with Crippen molar-refractivity contribution < 1.29 is 18.9 Å². The quantitative estimate of drug-likeness (QED) is 0.132. The minimum absolute atomic E-state index is 0.101. The van der Waals surface area contributed by atoms with Crippen LogP contribution in [0.1, 0.15) is 36.6 Å². The Balaban J connectivity index is 0.986. The van der Waals surface area contributed by atoms with Gasteiger partial charge in [0.15, 0.2) is 0 Å². The first-order valence-electron chi connectivity index (χ1n) is 14.7. The van der Waals surface area contributed by atoms with Gasteiger partial charge in [-0.2, -0.15) is 0 Å². The maximum Gasteiger partial charge on any atom is 0.0892 e. The molecule has 9 heteroatoms. The van der Waals surface area contributed by atoms with Crippen molar-refractivity contribution in [2.45, 2.75) is 52.5 Å². The topological polar surface area (TPSA) is 101 Å². The highest BCUT2D eigenvalue weighted by Gasteiger charge is 2.09. The van der Waals surface area contributed by atoms with Crippen molar-refractivity contribution in [1.82, 2.24) is 24.9 Å². The van der Waals surface area contributed by atoms with E-state index in [1.54, 1.807) is 12.4 Å². The summed E-state index contributed by atoms with van der Waals surface area (Å²) in [5.74, 6) is 0. The monoisotopic (exact) mass is 591 g/mol. The molecule has 0 aromatic carbocycles. The second-order valence-electron chi connectivity index (χ2n) is 10.4. The molecule has 5 heterocycles. The standard InChI is InChI=1S/C35H37N5O4/c1-26(43-24-30-12-8-16-34(39-30)32-14-3-5-18-36-32)20-41-22-28-10-7-11-29(38-28)23-42-21-27(2)44-25-31-13-9-17-35(40-31)33-15-4-6-19-37-33/h3-19,26-27H,20-25H2,1-2H3/t26-,27-/m0/s1. The molecule has 0 unspecified atom stereocenters. The summed E-state index contributed by atoms with van der Waals surface area (Å²) >= 11 is 0. The van der Waals surface area contributed by atoms with Crippen molar-refractivity contribution in [2.24, 2.45) is 0 Å². The van der Waals surface area contributed by atoms with Crippen LogP contribution in [0.2, 0.25) is 0 Å². The van der Waals surface area contributed by atoms with E-state index in [1.165, 1.54) is 0 Å². The van der Waals surface area contributed by atoms with Gasteiger partial charge in [0.05, 0.1) is 97.4 Å². The minimum Gasteiger partial charge on any atom is -0.372 e. The zero-order chi connectivity index (χ0) is 30.4. The lowest BCUT2D eigenvalue weighted by atomic mass is 10.2. The second-order valence-corrected chi connectivity index (χ2v) is 10.4. The van der Waals surface area contributed by atoms with E-state index in [-0.39, 0.29) is 12.2 Å². The van der Waals surface area contributed by atoms with Crippen LogP contribution >= 0.6 is 0 Å². The maximum atomic E-state index is 5.96. The van der Waals surface area contributed by atoms with E-state index in [9.17, 15) is 0 Å². The molecule has 0 saturated heterocycles. The highest BCUT2D eigenvalue weighted by Crippen LogP contribution is 2.16. The number of rotatable bonds is 16. The van der Waals surface area contributed by atoms with Gasteiger partial charge >= 0.3 is 0 Å². The molecular formula is C35H37N5O4. The number of hydrogen-bond acceptors (Lipinski definition) is 9. The van der Waals surface area contributed by atoms with E-state index in [4.69, 9.17) is 18.9 Å². The molecule has 0 aliphatic rings. The van der Waals surface area contributed by atoms with E-state index in [2.05, 4.69) is 24.9 Å². The van der Waals surface area contributed by atoms with Gasteiger partial charge in [0.2, 0.25) is 0 Å². The predicted octanol–water partition coefficient (Wildman–Crippen LogP) is 6.24. The molecular weight excluding hydrogens is 554 g/mol. The molecule has 0 saturated carbocycles. The fourth-order valence-electron chi connectivity index (χ4n) is 4.33. The van der Waals surface area contributed by atoms with Crippen LogP contribution in [0, 0.1) is 0 Å². The number of hydrogen-bond donors (Lipinski definition) is 0. The Labute approximate surface area is 258 Å². The maximum absolute atomic E-state index is 5.96. The summed E-state index contributed by atoms with van der Waals surface area (Å²) in [6.45, 7) is 6.41. The van der Waals surface area contributed by atoms with Crippen LogP contribution in [0.5, 0.6) is 0 Å². The van der Waals surface area contributed by atoms with E-state index in [0.717, 1.165) is 45.6 Å². The highest BCUT2D eigenvalue weighted by molar-refractivity contribution is 5.54. The summed E-state index contributed by atoms with van der Waals surface area (Å²) in [7, 11) is 0. The number of ether oxygens (including phenoxy) is 4. The van der Waals surface area contributed by atoms with Gasteiger partial charge in [-0.25, -0.2) is 9.97 Å². The normalized spacial score (nSPS) is 12.6. The minimum atomic E-state index is -0.101. The van der Waals surface area contributed by atoms with Gasteiger partial charge in [0, 0.05) is 12.4 Å². The van der Waals surface area contributed by atoms with Crippen molar-refractivity contribution in [1.29, 1.82) is 0 Å². The fourth-order valence-corrected chi connectivity index (χ4v) is 4.33. The smallest absolute Gasteiger partial charge is 0.0892 e. The summed E-state index contributed by atoms with van der Waals surface area (Å²) in [6, 6.07) is 29.1. The first-order chi connectivity index (χ1) is 21.6. The summed E-state index contributed by atoms with van der Waals surface area (Å²) in [6.07, 6.45) is 3.32. The predicted molar refractivity (Wildman–Crippen MR) is 167 cm³/mol. The fraction of sp³-hybridized carbons (Fsp3) is 0.286. The average molecular weight is 592 g/mol. The number of pyridine rings is 5. The Morgan fingerprint density at radius 1 is 0.455 bits per heavy atom. The molecule has 5 aromatic rings. The summed E-state index contributed by atoms with van der Waals surface area (Å²) < 4.78 is 23.7. The lowest BCUT2D eigenvalue weighted by Crippen LogP contribution is -2.17. The molecule has 0 N–H and O–H groups in total. The summed E-state index contributed by atoms with van der Waals surface area (Å²) in [5, 5.41) is 0. The van der Waals surface area contributed by atoms with Crippen LogP contribution in [-0.4, -0.2) is 50.3 Å². The van der Waals surface area contributed by atoms with Gasteiger partial charge in [0.25, 0.3) is 0 Å². The van der Waals surface area contributed by atoms with Crippen molar-refractivity contribution in [3.05, 3.63) is 126 Å². The largest absolute Gasteiger partial charge is 0.372 e. The SMILES string of the molecule is C[C@@H](COCc1cccc(COC[C@H](C)OCc2cccc(-c3ccccn3)n2)n1)OCc1cccc(-c2ccccn2)n1. The lowest BCUT2D eigenvalue weighted by Gasteiger charge is -2.14. The Bertz CT molecular complexity index is 1460. The van der Waals surface area contributed by atoms with Gasteiger partial charge in [0.1, 0.15) is 0 Å². The molecule has 0 aliphatic carbocycles. The van der Waals surface area contributed by atoms with Crippen LogP contribution in [0.4, 0.5) is 0 Å². The third-order valence-electron chi connectivity index (χ3n) is 6.57. The molecule has 0 radical (unpaired) electrons. The van der Waals surface area contributed by atoms with Gasteiger partial charge in [-0.1, -0.05) is 30.3 Å². The van der Waals surface area contributed by atoms with Crippen molar-refractivity contribution >= 4 is 0 Å². The van der Waals surface area contributed by atoms with Gasteiger partial charge in [-0.3, -0.25) is 15.0 Å². The number of aromatic nitrogens is 5. The lowest BCUT2D eigenvalue weighted by molar-refractivity contribution is -0.0231. The molecule has 226 valence electrons. The third-order valence-corrected chi connectivity index (χ3v) is 6.57. The Kier molecular flexibility index (Phi) is 11.6.